The van der Waals surface area contributed by atoms with Crippen molar-refractivity contribution in [2.45, 2.75) is 44.3 Å². The van der Waals surface area contributed by atoms with Gasteiger partial charge in [0.15, 0.2) is 0 Å². The number of carbonyl (C=O) groups excluding carboxylic acids is 1. The summed E-state index contributed by atoms with van der Waals surface area (Å²) in [5, 5.41) is 12.9. The highest BCUT2D eigenvalue weighted by Gasteiger charge is 2.39. The highest BCUT2D eigenvalue weighted by atomic mass is 16.5. The first kappa shape index (κ1) is 10.9. The number of hydrogen-bond acceptors (Lipinski definition) is 3. The SMILES string of the molecule is CC1OCCC1(O)CNC(=O)CC1CC1. The first-order valence-corrected chi connectivity index (χ1v) is 5.71. The zero-order valence-electron chi connectivity index (χ0n) is 9.16. The Morgan fingerprint density at radius 1 is 1.60 bits per heavy atom. The zero-order chi connectivity index (χ0) is 10.9. The third kappa shape index (κ3) is 2.69. The Morgan fingerprint density at radius 2 is 2.33 bits per heavy atom. The molecule has 1 saturated heterocycles. The Morgan fingerprint density at radius 3 is 2.87 bits per heavy atom. The predicted octanol–water partition coefficient (Wildman–Crippen LogP) is 0.443. The second-order valence-electron chi connectivity index (χ2n) is 4.79. The fourth-order valence-corrected chi connectivity index (χ4v) is 1.91. The summed E-state index contributed by atoms with van der Waals surface area (Å²) in [4.78, 5) is 11.4. The molecular weight excluding hydrogens is 194 g/mol. The van der Waals surface area contributed by atoms with Crippen LogP contribution < -0.4 is 5.32 Å². The summed E-state index contributed by atoms with van der Waals surface area (Å²) in [6, 6.07) is 0. The molecular formula is C11H19NO3. The maximum absolute atomic E-state index is 11.4. The fourth-order valence-electron chi connectivity index (χ4n) is 1.91. The average Bonchev–Trinajstić information content (AvgIpc) is 2.93. The Labute approximate surface area is 90.0 Å². The minimum atomic E-state index is -0.862. The Bertz CT molecular complexity index is 252. The summed E-state index contributed by atoms with van der Waals surface area (Å²) >= 11 is 0. The van der Waals surface area contributed by atoms with Gasteiger partial charge in [-0.3, -0.25) is 4.79 Å². The molecule has 4 nitrogen and oxygen atoms in total. The average molecular weight is 213 g/mol. The number of rotatable bonds is 4. The van der Waals surface area contributed by atoms with Crippen molar-refractivity contribution >= 4 is 5.91 Å². The van der Waals surface area contributed by atoms with Gasteiger partial charge in [-0.25, -0.2) is 0 Å². The highest BCUT2D eigenvalue weighted by Crippen LogP contribution is 2.32. The van der Waals surface area contributed by atoms with Gasteiger partial charge in [0, 0.05) is 26.0 Å². The lowest BCUT2D eigenvalue weighted by atomic mass is 9.96. The molecule has 2 fully saturated rings. The van der Waals surface area contributed by atoms with Gasteiger partial charge in [-0.15, -0.1) is 0 Å². The molecule has 15 heavy (non-hydrogen) atoms. The summed E-state index contributed by atoms with van der Waals surface area (Å²) in [5.41, 5.74) is -0.862. The molecule has 86 valence electrons. The van der Waals surface area contributed by atoms with E-state index in [1.165, 1.54) is 12.8 Å². The van der Waals surface area contributed by atoms with E-state index in [9.17, 15) is 9.90 Å². The Balaban J connectivity index is 1.73. The molecule has 0 aromatic rings. The van der Waals surface area contributed by atoms with Gasteiger partial charge in [0.2, 0.25) is 5.91 Å². The lowest BCUT2D eigenvalue weighted by Crippen LogP contribution is -2.47. The summed E-state index contributed by atoms with van der Waals surface area (Å²) in [6.45, 7) is 2.75. The smallest absolute Gasteiger partial charge is 0.220 e. The Hall–Kier alpha value is -0.610. The van der Waals surface area contributed by atoms with E-state index >= 15 is 0 Å². The van der Waals surface area contributed by atoms with E-state index in [2.05, 4.69) is 5.32 Å². The van der Waals surface area contributed by atoms with Gasteiger partial charge in [-0.2, -0.15) is 0 Å². The molecule has 0 aromatic carbocycles. The molecule has 0 bridgehead atoms. The van der Waals surface area contributed by atoms with E-state index in [1.54, 1.807) is 0 Å². The van der Waals surface area contributed by atoms with E-state index in [1.807, 2.05) is 6.92 Å². The first-order chi connectivity index (χ1) is 7.10. The van der Waals surface area contributed by atoms with E-state index in [-0.39, 0.29) is 12.0 Å². The van der Waals surface area contributed by atoms with Crippen molar-refractivity contribution in [3.8, 4) is 0 Å². The number of carbonyl (C=O) groups is 1. The zero-order valence-corrected chi connectivity index (χ0v) is 9.16. The van der Waals surface area contributed by atoms with Crippen molar-refractivity contribution in [2.24, 2.45) is 5.92 Å². The maximum Gasteiger partial charge on any atom is 0.220 e. The molecule has 0 spiro atoms. The summed E-state index contributed by atoms with van der Waals surface area (Å²) in [7, 11) is 0. The van der Waals surface area contributed by atoms with Crippen molar-refractivity contribution in [2.75, 3.05) is 13.2 Å². The van der Waals surface area contributed by atoms with Crippen molar-refractivity contribution in [3.63, 3.8) is 0 Å². The van der Waals surface area contributed by atoms with Crippen molar-refractivity contribution in [3.05, 3.63) is 0 Å². The van der Waals surface area contributed by atoms with Crippen LogP contribution in [-0.2, 0) is 9.53 Å². The lowest BCUT2D eigenvalue weighted by Gasteiger charge is -2.26. The van der Waals surface area contributed by atoms with Gasteiger partial charge in [0.1, 0.15) is 5.60 Å². The van der Waals surface area contributed by atoms with Crippen LogP contribution in [-0.4, -0.2) is 35.9 Å². The van der Waals surface area contributed by atoms with Gasteiger partial charge < -0.3 is 15.2 Å². The van der Waals surface area contributed by atoms with Gasteiger partial charge in [0.05, 0.1) is 6.10 Å². The van der Waals surface area contributed by atoms with Crippen LogP contribution in [0.3, 0.4) is 0 Å². The van der Waals surface area contributed by atoms with Crippen molar-refractivity contribution in [1.29, 1.82) is 0 Å². The molecule has 0 aromatic heterocycles. The lowest BCUT2D eigenvalue weighted by molar-refractivity contribution is -0.123. The minimum Gasteiger partial charge on any atom is -0.385 e. The molecule has 1 amide bonds. The first-order valence-electron chi connectivity index (χ1n) is 5.71. The van der Waals surface area contributed by atoms with Crippen LogP contribution in [0.1, 0.15) is 32.6 Å². The molecule has 1 aliphatic heterocycles. The van der Waals surface area contributed by atoms with Crippen LogP contribution in [0.2, 0.25) is 0 Å². The van der Waals surface area contributed by atoms with E-state index in [0.29, 0.717) is 31.9 Å². The van der Waals surface area contributed by atoms with Gasteiger partial charge in [-0.1, -0.05) is 0 Å². The summed E-state index contributed by atoms with van der Waals surface area (Å²) in [5.74, 6) is 0.655. The molecule has 0 radical (unpaired) electrons. The normalized spacial score (nSPS) is 35.5. The standard InChI is InChI=1S/C11H19NO3/c1-8-11(14,4-5-15-8)7-12-10(13)6-9-2-3-9/h8-9,14H,2-7H2,1H3,(H,12,13). The van der Waals surface area contributed by atoms with Crippen molar-refractivity contribution < 1.29 is 14.6 Å². The highest BCUT2D eigenvalue weighted by molar-refractivity contribution is 5.76. The maximum atomic E-state index is 11.4. The largest absolute Gasteiger partial charge is 0.385 e. The second kappa shape index (κ2) is 4.10. The van der Waals surface area contributed by atoms with E-state index in [4.69, 9.17) is 4.74 Å². The number of aliphatic hydroxyl groups is 1. The van der Waals surface area contributed by atoms with Gasteiger partial charge >= 0.3 is 0 Å². The summed E-state index contributed by atoms with van der Waals surface area (Å²) in [6.07, 6.45) is 3.40. The van der Waals surface area contributed by atoms with E-state index < -0.39 is 5.60 Å². The van der Waals surface area contributed by atoms with Crippen LogP contribution in [0, 0.1) is 5.92 Å². The molecule has 1 heterocycles. The Kier molecular flexibility index (Phi) is 2.98. The van der Waals surface area contributed by atoms with Crippen LogP contribution in [0.15, 0.2) is 0 Å². The number of ether oxygens (including phenoxy) is 1. The monoisotopic (exact) mass is 213 g/mol. The molecule has 2 atom stereocenters. The predicted molar refractivity (Wildman–Crippen MR) is 55.3 cm³/mol. The quantitative estimate of drug-likeness (QED) is 0.712. The van der Waals surface area contributed by atoms with Gasteiger partial charge in [-0.05, 0) is 25.7 Å². The molecule has 2 rings (SSSR count). The number of hydrogen-bond donors (Lipinski definition) is 2. The third-order valence-electron chi connectivity index (χ3n) is 3.42. The third-order valence-corrected chi connectivity index (χ3v) is 3.42. The van der Waals surface area contributed by atoms with Gasteiger partial charge in [0.25, 0.3) is 0 Å². The fraction of sp³-hybridized carbons (Fsp3) is 0.909. The van der Waals surface area contributed by atoms with Crippen LogP contribution in [0.25, 0.3) is 0 Å². The van der Waals surface area contributed by atoms with Crippen LogP contribution in [0.5, 0.6) is 0 Å². The van der Waals surface area contributed by atoms with E-state index in [0.717, 1.165) is 0 Å². The molecule has 1 saturated carbocycles. The molecule has 2 aliphatic rings. The molecule has 4 heteroatoms. The topological polar surface area (TPSA) is 58.6 Å². The van der Waals surface area contributed by atoms with Crippen LogP contribution in [0.4, 0.5) is 0 Å². The molecule has 2 N–H and O–H groups in total. The minimum absolute atomic E-state index is 0.0602. The molecule has 2 unspecified atom stereocenters. The number of nitrogens with one attached hydrogen (secondary N) is 1. The second-order valence-corrected chi connectivity index (χ2v) is 4.79. The van der Waals surface area contributed by atoms with Crippen LogP contribution >= 0.6 is 0 Å². The molecule has 1 aliphatic carbocycles. The van der Waals surface area contributed by atoms with Crippen molar-refractivity contribution in [1.82, 2.24) is 5.32 Å². The summed E-state index contributed by atoms with van der Waals surface area (Å²) < 4.78 is 5.29. The number of amides is 1.